The number of H-pyrrole nitrogens is 1. The molecule has 0 saturated heterocycles. The summed E-state index contributed by atoms with van der Waals surface area (Å²) >= 11 is 1.70. The number of hydrogen-bond donors (Lipinski definition) is 1. The summed E-state index contributed by atoms with van der Waals surface area (Å²) in [7, 11) is 0. The second kappa shape index (κ2) is 5.80. The van der Waals surface area contributed by atoms with Gasteiger partial charge >= 0.3 is 0 Å². The average molecular weight is 353 g/mol. The van der Waals surface area contributed by atoms with Crippen LogP contribution < -0.4 is 5.56 Å². The molecule has 0 aliphatic heterocycles. The van der Waals surface area contributed by atoms with Crippen molar-refractivity contribution in [2.24, 2.45) is 5.92 Å². The SMILES string of the molecule is CC1CCc2c(sc3nc(-c4ccc(C(C)(C)C)cc4)[nH]c(=O)c23)C1. The minimum absolute atomic E-state index is 0.00644. The smallest absolute Gasteiger partial charge is 0.260 e. The van der Waals surface area contributed by atoms with Gasteiger partial charge in [-0.1, -0.05) is 52.0 Å². The normalized spacial score (nSPS) is 17.7. The Morgan fingerprint density at radius 1 is 1.20 bits per heavy atom. The van der Waals surface area contributed by atoms with Gasteiger partial charge in [-0.05, 0) is 41.7 Å². The van der Waals surface area contributed by atoms with E-state index in [1.54, 1.807) is 11.3 Å². The van der Waals surface area contributed by atoms with Crippen LogP contribution >= 0.6 is 11.3 Å². The maximum Gasteiger partial charge on any atom is 0.260 e. The van der Waals surface area contributed by atoms with Gasteiger partial charge in [0.25, 0.3) is 5.56 Å². The Hall–Kier alpha value is -1.94. The van der Waals surface area contributed by atoms with E-state index in [-0.39, 0.29) is 11.0 Å². The molecule has 130 valence electrons. The van der Waals surface area contributed by atoms with E-state index in [9.17, 15) is 4.79 Å². The number of aromatic nitrogens is 2. The van der Waals surface area contributed by atoms with Gasteiger partial charge in [-0.15, -0.1) is 11.3 Å². The molecule has 1 N–H and O–H groups in total. The van der Waals surface area contributed by atoms with Gasteiger partial charge < -0.3 is 4.98 Å². The zero-order valence-electron chi connectivity index (χ0n) is 15.3. The van der Waals surface area contributed by atoms with Crippen LogP contribution in [0.3, 0.4) is 0 Å². The average Bonchev–Trinajstić information content (AvgIpc) is 2.91. The zero-order valence-corrected chi connectivity index (χ0v) is 16.1. The van der Waals surface area contributed by atoms with Crippen molar-refractivity contribution in [3.05, 3.63) is 50.6 Å². The van der Waals surface area contributed by atoms with Crippen LogP contribution in [0.2, 0.25) is 0 Å². The highest BCUT2D eigenvalue weighted by Crippen LogP contribution is 2.36. The first-order valence-electron chi connectivity index (χ1n) is 8.98. The minimum atomic E-state index is 0.00644. The van der Waals surface area contributed by atoms with Crippen molar-refractivity contribution in [3.63, 3.8) is 0 Å². The van der Waals surface area contributed by atoms with Crippen LogP contribution in [0, 0.1) is 5.92 Å². The molecule has 0 bridgehead atoms. The largest absolute Gasteiger partial charge is 0.306 e. The number of aromatic amines is 1. The third kappa shape index (κ3) is 2.93. The molecule has 4 heteroatoms. The topological polar surface area (TPSA) is 45.8 Å². The van der Waals surface area contributed by atoms with Gasteiger partial charge in [0.2, 0.25) is 0 Å². The molecule has 2 aromatic heterocycles. The lowest BCUT2D eigenvalue weighted by atomic mass is 9.86. The molecule has 1 unspecified atom stereocenters. The number of rotatable bonds is 1. The molecule has 1 aromatic carbocycles. The van der Waals surface area contributed by atoms with Gasteiger partial charge in [0.15, 0.2) is 0 Å². The van der Waals surface area contributed by atoms with E-state index in [0.717, 1.165) is 35.0 Å². The second-order valence-electron chi connectivity index (χ2n) is 8.27. The van der Waals surface area contributed by atoms with Gasteiger partial charge in [0.1, 0.15) is 10.7 Å². The summed E-state index contributed by atoms with van der Waals surface area (Å²) in [6.45, 7) is 8.88. The first kappa shape index (κ1) is 16.5. The van der Waals surface area contributed by atoms with Gasteiger partial charge in [-0.2, -0.15) is 0 Å². The minimum Gasteiger partial charge on any atom is -0.306 e. The Balaban J connectivity index is 1.80. The van der Waals surface area contributed by atoms with E-state index < -0.39 is 0 Å². The number of hydrogen-bond acceptors (Lipinski definition) is 3. The van der Waals surface area contributed by atoms with E-state index in [1.807, 2.05) is 0 Å². The van der Waals surface area contributed by atoms with E-state index in [0.29, 0.717) is 11.7 Å². The van der Waals surface area contributed by atoms with Gasteiger partial charge in [-0.3, -0.25) is 4.79 Å². The van der Waals surface area contributed by atoms with Crippen molar-refractivity contribution in [2.45, 2.75) is 52.4 Å². The van der Waals surface area contributed by atoms with Crippen LogP contribution in [-0.2, 0) is 18.3 Å². The zero-order chi connectivity index (χ0) is 17.8. The van der Waals surface area contributed by atoms with E-state index in [2.05, 4.69) is 56.9 Å². The highest BCUT2D eigenvalue weighted by molar-refractivity contribution is 7.18. The Morgan fingerprint density at radius 2 is 1.92 bits per heavy atom. The van der Waals surface area contributed by atoms with Crippen molar-refractivity contribution >= 4 is 21.6 Å². The molecule has 3 aromatic rings. The van der Waals surface area contributed by atoms with Crippen molar-refractivity contribution in [1.82, 2.24) is 9.97 Å². The molecule has 4 rings (SSSR count). The first-order chi connectivity index (χ1) is 11.8. The fourth-order valence-electron chi connectivity index (χ4n) is 3.61. The van der Waals surface area contributed by atoms with Crippen LogP contribution in [0.15, 0.2) is 29.1 Å². The summed E-state index contributed by atoms with van der Waals surface area (Å²) in [5, 5.41) is 0.821. The molecule has 0 saturated carbocycles. The van der Waals surface area contributed by atoms with Crippen LogP contribution in [0.4, 0.5) is 0 Å². The summed E-state index contributed by atoms with van der Waals surface area (Å²) in [5.41, 5.74) is 3.60. The third-order valence-electron chi connectivity index (χ3n) is 5.19. The number of fused-ring (bicyclic) bond motifs is 3. The van der Waals surface area contributed by atoms with Crippen LogP contribution in [0.1, 0.15) is 50.1 Å². The third-order valence-corrected chi connectivity index (χ3v) is 6.34. The number of benzene rings is 1. The maximum absolute atomic E-state index is 12.7. The standard InChI is InChI=1S/C21H24N2OS/c1-12-5-10-15-16(11-12)25-20-17(15)19(24)22-18(23-20)13-6-8-14(9-7-13)21(2,3)4/h6-9,12H,5,10-11H2,1-4H3,(H,22,23,24). The quantitative estimate of drug-likeness (QED) is 0.664. The number of nitrogens with zero attached hydrogens (tertiary/aromatic N) is 1. The number of nitrogens with one attached hydrogen (secondary N) is 1. The molecule has 1 aliphatic carbocycles. The Morgan fingerprint density at radius 3 is 2.60 bits per heavy atom. The molecule has 25 heavy (non-hydrogen) atoms. The molecule has 0 amide bonds. The highest BCUT2D eigenvalue weighted by Gasteiger charge is 2.23. The van der Waals surface area contributed by atoms with E-state index >= 15 is 0 Å². The highest BCUT2D eigenvalue weighted by atomic mass is 32.1. The molecule has 3 nitrogen and oxygen atoms in total. The predicted molar refractivity (Wildman–Crippen MR) is 106 cm³/mol. The van der Waals surface area contributed by atoms with E-state index in [4.69, 9.17) is 4.98 Å². The lowest BCUT2D eigenvalue weighted by Crippen LogP contribution is -2.13. The van der Waals surface area contributed by atoms with Crippen LogP contribution in [-0.4, -0.2) is 9.97 Å². The van der Waals surface area contributed by atoms with E-state index in [1.165, 1.54) is 16.0 Å². The summed E-state index contributed by atoms with van der Waals surface area (Å²) in [4.78, 5) is 22.8. The van der Waals surface area contributed by atoms with Crippen LogP contribution in [0.25, 0.3) is 21.6 Å². The summed E-state index contributed by atoms with van der Waals surface area (Å²) < 4.78 is 0. The molecule has 1 atom stereocenters. The fraction of sp³-hybridized carbons (Fsp3) is 0.429. The summed E-state index contributed by atoms with van der Waals surface area (Å²) in [6.07, 6.45) is 3.24. The monoisotopic (exact) mass is 352 g/mol. The van der Waals surface area contributed by atoms with Crippen molar-refractivity contribution in [2.75, 3.05) is 0 Å². The molecule has 1 aliphatic rings. The first-order valence-corrected chi connectivity index (χ1v) is 9.80. The lowest BCUT2D eigenvalue weighted by molar-refractivity contribution is 0.509. The molecular weight excluding hydrogens is 328 g/mol. The molecule has 0 fully saturated rings. The Bertz CT molecular complexity index is 990. The van der Waals surface area contributed by atoms with Crippen LogP contribution in [0.5, 0.6) is 0 Å². The second-order valence-corrected chi connectivity index (χ2v) is 9.36. The van der Waals surface area contributed by atoms with Gasteiger partial charge in [0, 0.05) is 10.4 Å². The Labute approximate surface area is 152 Å². The molecule has 0 radical (unpaired) electrons. The molecule has 2 heterocycles. The van der Waals surface area contributed by atoms with Gasteiger partial charge in [0.05, 0.1) is 5.39 Å². The predicted octanol–water partition coefficient (Wildman–Crippen LogP) is 5.07. The fourth-order valence-corrected chi connectivity index (χ4v) is 5.00. The maximum atomic E-state index is 12.7. The van der Waals surface area contributed by atoms with Crippen molar-refractivity contribution < 1.29 is 0 Å². The van der Waals surface area contributed by atoms with Gasteiger partial charge in [-0.25, -0.2) is 4.98 Å². The number of aryl methyl sites for hydroxylation is 1. The van der Waals surface area contributed by atoms with Crippen molar-refractivity contribution in [1.29, 1.82) is 0 Å². The molecule has 0 spiro atoms. The number of thiophene rings is 1. The van der Waals surface area contributed by atoms with Crippen molar-refractivity contribution in [3.8, 4) is 11.4 Å². The Kier molecular flexibility index (Phi) is 3.84. The summed E-state index contributed by atoms with van der Waals surface area (Å²) in [6, 6.07) is 8.36. The lowest BCUT2D eigenvalue weighted by Gasteiger charge is -2.19. The molecular formula is C21H24N2OS. The summed E-state index contributed by atoms with van der Waals surface area (Å²) in [5.74, 6) is 1.37.